The molecule has 0 aliphatic carbocycles. The van der Waals surface area contributed by atoms with Crippen molar-refractivity contribution in [1.82, 2.24) is 10.2 Å². The van der Waals surface area contributed by atoms with E-state index in [1.54, 1.807) is 6.07 Å². The van der Waals surface area contributed by atoms with Crippen LogP contribution >= 0.6 is 15.9 Å². The first-order valence-electron chi connectivity index (χ1n) is 6.62. The topological polar surface area (TPSA) is 64.2 Å². The van der Waals surface area contributed by atoms with Crippen molar-refractivity contribution in [3.63, 3.8) is 0 Å². The van der Waals surface area contributed by atoms with E-state index < -0.39 is 0 Å². The van der Waals surface area contributed by atoms with Crippen LogP contribution in [0.15, 0.2) is 34.8 Å². The number of halogens is 1. The Kier molecular flexibility index (Phi) is 3.82. The van der Waals surface area contributed by atoms with Gasteiger partial charge in [-0.05, 0) is 18.2 Å². The highest BCUT2D eigenvalue weighted by atomic mass is 79.9. The van der Waals surface area contributed by atoms with Gasteiger partial charge in [0.15, 0.2) is 0 Å². The number of H-pyrrole nitrogens is 1. The standard InChI is InChI=1S/C15H15BrN2O3/c1-15(7-20-8-15)9-21-14(19)13-6-12(17-18-13)10-2-4-11(16)5-3-10/h2-6H,7-9H2,1H3,(H,17,18). The van der Waals surface area contributed by atoms with Gasteiger partial charge >= 0.3 is 5.97 Å². The summed E-state index contributed by atoms with van der Waals surface area (Å²) in [4.78, 5) is 12.0. The van der Waals surface area contributed by atoms with Crippen molar-refractivity contribution in [1.29, 1.82) is 0 Å². The summed E-state index contributed by atoms with van der Waals surface area (Å²) in [6.45, 7) is 3.66. The Labute approximate surface area is 130 Å². The molecule has 6 heteroatoms. The minimum atomic E-state index is -0.390. The third kappa shape index (κ3) is 3.16. The van der Waals surface area contributed by atoms with Gasteiger partial charge in [-0.25, -0.2) is 4.79 Å². The highest BCUT2D eigenvalue weighted by Crippen LogP contribution is 2.27. The molecule has 0 radical (unpaired) electrons. The zero-order chi connectivity index (χ0) is 14.9. The van der Waals surface area contributed by atoms with E-state index in [4.69, 9.17) is 9.47 Å². The maximum Gasteiger partial charge on any atom is 0.356 e. The maximum atomic E-state index is 12.0. The zero-order valence-electron chi connectivity index (χ0n) is 11.6. The van der Waals surface area contributed by atoms with Crippen molar-refractivity contribution in [2.75, 3.05) is 19.8 Å². The fourth-order valence-corrected chi connectivity index (χ4v) is 2.31. The normalized spacial score (nSPS) is 16.3. The first kappa shape index (κ1) is 14.3. The number of aromatic nitrogens is 2. The summed E-state index contributed by atoms with van der Waals surface area (Å²) in [5, 5.41) is 6.87. The van der Waals surface area contributed by atoms with Gasteiger partial charge in [-0.1, -0.05) is 35.0 Å². The zero-order valence-corrected chi connectivity index (χ0v) is 13.1. The van der Waals surface area contributed by atoms with Crippen molar-refractivity contribution in [3.8, 4) is 11.3 Å². The van der Waals surface area contributed by atoms with Crippen LogP contribution in [0.5, 0.6) is 0 Å². The van der Waals surface area contributed by atoms with Crippen molar-refractivity contribution < 1.29 is 14.3 Å². The molecule has 0 saturated carbocycles. The summed E-state index contributed by atoms with van der Waals surface area (Å²) in [5.74, 6) is -0.390. The van der Waals surface area contributed by atoms with Crippen molar-refractivity contribution in [2.24, 2.45) is 5.41 Å². The lowest BCUT2D eigenvalue weighted by molar-refractivity contribution is -0.127. The van der Waals surface area contributed by atoms with E-state index in [1.807, 2.05) is 31.2 Å². The van der Waals surface area contributed by atoms with Crippen LogP contribution in [0.25, 0.3) is 11.3 Å². The maximum absolute atomic E-state index is 12.0. The van der Waals surface area contributed by atoms with Crippen LogP contribution in [-0.4, -0.2) is 36.0 Å². The number of hydrogen-bond acceptors (Lipinski definition) is 4. The molecule has 110 valence electrons. The number of benzene rings is 1. The Hall–Kier alpha value is -1.66. The minimum Gasteiger partial charge on any atom is -0.460 e. The van der Waals surface area contributed by atoms with Crippen LogP contribution < -0.4 is 0 Å². The van der Waals surface area contributed by atoms with Gasteiger partial charge in [0.25, 0.3) is 0 Å². The van der Waals surface area contributed by atoms with Crippen LogP contribution in [-0.2, 0) is 9.47 Å². The van der Waals surface area contributed by atoms with Gasteiger partial charge in [0.2, 0.25) is 0 Å². The number of hydrogen-bond donors (Lipinski definition) is 1. The molecular formula is C15H15BrN2O3. The average Bonchev–Trinajstić information content (AvgIpc) is 2.93. The number of nitrogens with zero attached hydrogens (tertiary/aromatic N) is 1. The molecule has 0 amide bonds. The number of carbonyl (C=O) groups is 1. The molecule has 1 N–H and O–H groups in total. The highest BCUT2D eigenvalue weighted by molar-refractivity contribution is 9.10. The second-order valence-electron chi connectivity index (χ2n) is 5.55. The molecule has 5 nitrogen and oxygen atoms in total. The van der Waals surface area contributed by atoms with Gasteiger partial charge < -0.3 is 9.47 Å². The molecule has 1 aliphatic rings. The van der Waals surface area contributed by atoms with Crippen LogP contribution in [0.2, 0.25) is 0 Å². The van der Waals surface area contributed by atoms with Crippen LogP contribution in [0.3, 0.4) is 0 Å². The summed E-state index contributed by atoms with van der Waals surface area (Å²) >= 11 is 3.39. The Balaban J connectivity index is 1.66. The Morgan fingerprint density at radius 3 is 2.76 bits per heavy atom. The predicted octanol–water partition coefficient (Wildman–Crippen LogP) is 3.03. The molecule has 0 unspecified atom stereocenters. The van der Waals surface area contributed by atoms with Crippen molar-refractivity contribution in [2.45, 2.75) is 6.92 Å². The fourth-order valence-electron chi connectivity index (χ4n) is 2.05. The molecular weight excluding hydrogens is 336 g/mol. The van der Waals surface area contributed by atoms with E-state index in [-0.39, 0.29) is 11.4 Å². The summed E-state index contributed by atoms with van der Waals surface area (Å²) in [6.07, 6.45) is 0. The van der Waals surface area contributed by atoms with E-state index in [0.29, 0.717) is 31.2 Å². The van der Waals surface area contributed by atoms with E-state index in [1.165, 1.54) is 0 Å². The van der Waals surface area contributed by atoms with Gasteiger partial charge in [0, 0.05) is 15.5 Å². The molecule has 1 aliphatic heterocycles. The molecule has 0 atom stereocenters. The summed E-state index contributed by atoms with van der Waals surface area (Å²) < 4.78 is 11.4. The molecule has 1 fully saturated rings. The molecule has 0 spiro atoms. The molecule has 1 aromatic carbocycles. The molecule has 3 rings (SSSR count). The number of rotatable bonds is 4. The second kappa shape index (κ2) is 5.61. The number of aromatic amines is 1. The van der Waals surface area contributed by atoms with Gasteiger partial charge in [-0.15, -0.1) is 0 Å². The second-order valence-corrected chi connectivity index (χ2v) is 6.47. The number of carbonyl (C=O) groups excluding carboxylic acids is 1. The predicted molar refractivity (Wildman–Crippen MR) is 80.9 cm³/mol. The molecule has 1 saturated heterocycles. The SMILES string of the molecule is CC1(COC(=O)c2cc(-c3ccc(Br)cc3)n[nH]2)COC1. The fraction of sp³-hybridized carbons (Fsp3) is 0.333. The monoisotopic (exact) mass is 350 g/mol. The van der Waals surface area contributed by atoms with Gasteiger partial charge in [0.1, 0.15) is 12.3 Å². The third-order valence-electron chi connectivity index (χ3n) is 3.39. The van der Waals surface area contributed by atoms with E-state index in [9.17, 15) is 4.79 Å². The van der Waals surface area contributed by atoms with Gasteiger partial charge in [0.05, 0.1) is 18.9 Å². The van der Waals surface area contributed by atoms with E-state index in [0.717, 1.165) is 10.0 Å². The lowest BCUT2D eigenvalue weighted by atomic mass is 9.90. The van der Waals surface area contributed by atoms with Crippen molar-refractivity contribution >= 4 is 21.9 Å². The Morgan fingerprint density at radius 2 is 2.14 bits per heavy atom. The van der Waals surface area contributed by atoms with Gasteiger partial charge in [-0.2, -0.15) is 5.10 Å². The highest BCUT2D eigenvalue weighted by Gasteiger charge is 2.35. The largest absolute Gasteiger partial charge is 0.460 e. The minimum absolute atomic E-state index is 0.0514. The smallest absolute Gasteiger partial charge is 0.356 e. The van der Waals surface area contributed by atoms with Crippen LogP contribution in [0.4, 0.5) is 0 Å². The van der Waals surface area contributed by atoms with E-state index in [2.05, 4.69) is 26.1 Å². The molecule has 21 heavy (non-hydrogen) atoms. The summed E-state index contributed by atoms with van der Waals surface area (Å²) in [7, 11) is 0. The van der Waals surface area contributed by atoms with Crippen molar-refractivity contribution in [3.05, 3.63) is 40.5 Å². The summed E-state index contributed by atoms with van der Waals surface area (Å²) in [6, 6.07) is 9.42. The van der Waals surface area contributed by atoms with Gasteiger partial charge in [-0.3, -0.25) is 5.10 Å². The Bertz CT molecular complexity index is 647. The number of nitrogens with one attached hydrogen (secondary N) is 1. The lowest BCUT2D eigenvalue weighted by Gasteiger charge is -2.37. The van der Waals surface area contributed by atoms with Crippen LogP contribution in [0.1, 0.15) is 17.4 Å². The van der Waals surface area contributed by atoms with Crippen LogP contribution in [0, 0.1) is 5.41 Å². The molecule has 1 aromatic heterocycles. The third-order valence-corrected chi connectivity index (χ3v) is 3.92. The number of esters is 1. The Morgan fingerprint density at radius 1 is 1.43 bits per heavy atom. The average molecular weight is 351 g/mol. The van der Waals surface area contributed by atoms with E-state index >= 15 is 0 Å². The number of ether oxygens (including phenoxy) is 2. The molecule has 0 bridgehead atoms. The quantitative estimate of drug-likeness (QED) is 0.860. The molecule has 2 heterocycles. The first-order chi connectivity index (χ1) is 10.1. The first-order valence-corrected chi connectivity index (χ1v) is 7.41. The molecule has 2 aromatic rings. The lowest BCUT2D eigenvalue weighted by Crippen LogP contribution is -2.44. The summed E-state index contributed by atoms with van der Waals surface area (Å²) in [5.41, 5.74) is 1.96.